The van der Waals surface area contributed by atoms with Gasteiger partial charge in [-0.05, 0) is 31.2 Å². The van der Waals surface area contributed by atoms with E-state index in [2.05, 4.69) is 30.1 Å². The van der Waals surface area contributed by atoms with Gasteiger partial charge in [-0.15, -0.1) is 11.8 Å². The van der Waals surface area contributed by atoms with Gasteiger partial charge < -0.3 is 10.1 Å². The SMILES string of the molecule is CC.CC.Cc1ccc2[nH]cc(SCCCC(=O)O)c2c1. The maximum atomic E-state index is 10.4. The number of H-pyrrole nitrogens is 1. The summed E-state index contributed by atoms with van der Waals surface area (Å²) in [4.78, 5) is 14.8. The number of rotatable bonds is 5. The fraction of sp³-hybridized carbons (Fsp3) is 0.471. The molecule has 0 saturated heterocycles. The van der Waals surface area contributed by atoms with Crippen molar-refractivity contribution in [3.63, 3.8) is 0 Å². The van der Waals surface area contributed by atoms with Gasteiger partial charge in [-0.25, -0.2) is 0 Å². The predicted octanol–water partition coefficient (Wildman–Crippen LogP) is 5.49. The minimum atomic E-state index is -0.722. The highest BCUT2D eigenvalue weighted by Crippen LogP contribution is 2.29. The van der Waals surface area contributed by atoms with E-state index in [0.29, 0.717) is 6.42 Å². The summed E-state index contributed by atoms with van der Waals surface area (Å²) < 4.78 is 0. The molecule has 2 rings (SSSR count). The molecule has 0 fully saturated rings. The molecule has 4 heteroatoms. The molecule has 0 atom stereocenters. The lowest BCUT2D eigenvalue weighted by Crippen LogP contribution is -1.94. The summed E-state index contributed by atoms with van der Waals surface area (Å²) in [6.07, 6.45) is 2.95. The number of aliphatic carboxylic acids is 1. The number of carboxylic acids is 1. The van der Waals surface area contributed by atoms with E-state index in [0.717, 1.165) is 11.3 Å². The number of hydrogen-bond acceptors (Lipinski definition) is 2. The van der Waals surface area contributed by atoms with Gasteiger partial charge in [-0.2, -0.15) is 0 Å². The lowest BCUT2D eigenvalue weighted by atomic mass is 10.2. The highest BCUT2D eigenvalue weighted by Gasteiger charge is 2.04. The molecule has 21 heavy (non-hydrogen) atoms. The van der Waals surface area contributed by atoms with Crippen LogP contribution in [0.25, 0.3) is 10.9 Å². The molecule has 118 valence electrons. The van der Waals surface area contributed by atoms with Gasteiger partial charge in [0, 0.05) is 28.4 Å². The third kappa shape index (κ3) is 6.71. The van der Waals surface area contributed by atoms with Crippen LogP contribution in [-0.2, 0) is 4.79 Å². The second-order valence-corrected chi connectivity index (χ2v) is 5.18. The fourth-order valence-corrected chi connectivity index (χ4v) is 2.71. The Morgan fingerprint density at radius 2 is 1.90 bits per heavy atom. The lowest BCUT2D eigenvalue weighted by Gasteiger charge is -1.99. The van der Waals surface area contributed by atoms with Gasteiger partial charge in [0.25, 0.3) is 0 Å². The Labute approximate surface area is 132 Å². The average Bonchev–Trinajstić information content (AvgIpc) is 2.90. The third-order valence-corrected chi connectivity index (χ3v) is 3.73. The molecule has 0 bridgehead atoms. The van der Waals surface area contributed by atoms with Crippen molar-refractivity contribution in [2.24, 2.45) is 0 Å². The normalized spacial score (nSPS) is 9.38. The van der Waals surface area contributed by atoms with Crippen LogP contribution in [0.4, 0.5) is 0 Å². The summed E-state index contributed by atoms with van der Waals surface area (Å²) in [7, 11) is 0. The Hall–Kier alpha value is -1.42. The lowest BCUT2D eigenvalue weighted by molar-refractivity contribution is -0.137. The van der Waals surface area contributed by atoms with Gasteiger partial charge in [-0.3, -0.25) is 4.79 Å². The van der Waals surface area contributed by atoms with E-state index in [-0.39, 0.29) is 6.42 Å². The molecule has 0 unspecified atom stereocenters. The zero-order chi connectivity index (χ0) is 16.3. The van der Waals surface area contributed by atoms with Gasteiger partial charge >= 0.3 is 5.97 Å². The molecule has 0 radical (unpaired) electrons. The number of aryl methyl sites for hydroxylation is 1. The van der Waals surface area contributed by atoms with Crippen molar-refractivity contribution >= 4 is 28.6 Å². The van der Waals surface area contributed by atoms with Crippen LogP contribution in [0, 0.1) is 6.92 Å². The van der Waals surface area contributed by atoms with Crippen molar-refractivity contribution in [3.8, 4) is 0 Å². The summed E-state index contributed by atoms with van der Waals surface area (Å²) in [5.74, 6) is 0.119. The maximum Gasteiger partial charge on any atom is 0.303 e. The number of nitrogens with one attached hydrogen (secondary N) is 1. The second-order valence-electron chi connectivity index (χ2n) is 4.05. The highest BCUT2D eigenvalue weighted by molar-refractivity contribution is 7.99. The van der Waals surface area contributed by atoms with Crippen molar-refractivity contribution in [2.75, 3.05) is 5.75 Å². The van der Waals surface area contributed by atoms with Crippen LogP contribution in [0.2, 0.25) is 0 Å². The number of benzene rings is 1. The molecular weight excluding hydrogens is 282 g/mol. The zero-order valence-corrected chi connectivity index (χ0v) is 14.5. The molecule has 2 N–H and O–H groups in total. The van der Waals surface area contributed by atoms with E-state index in [9.17, 15) is 4.79 Å². The molecule has 0 aliphatic rings. The zero-order valence-electron chi connectivity index (χ0n) is 13.7. The monoisotopic (exact) mass is 309 g/mol. The van der Waals surface area contributed by atoms with Crippen molar-refractivity contribution in [2.45, 2.75) is 52.4 Å². The molecule has 2 aromatic rings. The average molecular weight is 309 g/mol. The predicted molar refractivity (Wildman–Crippen MR) is 93.3 cm³/mol. The van der Waals surface area contributed by atoms with Crippen LogP contribution in [-0.4, -0.2) is 21.8 Å². The van der Waals surface area contributed by atoms with Crippen LogP contribution in [0.3, 0.4) is 0 Å². The number of thioether (sulfide) groups is 1. The van der Waals surface area contributed by atoms with Gasteiger partial charge in [-0.1, -0.05) is 39.3 Å². The Morgan fingerprint density at radius 3 is 2.52 bits per heavy atom. The first kappa shape index (κ1) is 19.6. The van der Waals surface area contributed by atoms with E-state index >= 15 is 0 Å². The molecule has 0 amide bonds. The van der Waals surface area contributed by atoms with Crippen molar-refractivity contribution in [3.05, 3.63) is 30.0 Å². The smallest absolute Gasteiger partial charge is 0.303 e. The summed E-state index contributed by atoms with van der Waals surface area (Å²) in [6, 6.07) is 6.31. The largest absolute Gasteiger partial charge is 0.481 e. The summed E-state index contributed by atoms with van der Waals surface area (Å²) in [6.45, 7) is 10.1. The van der Waals surface area contributed by atoms with Crippen LogP contribution in [0.5, 0.6) is 0 Å². The van der Waals surface area contributed by atoms with Crippen molar-refractivity contribution < 1.29 is 9.90 Å². The first-order chi connectivity index (χ1) is 10.2. The van der Waals surface area contributed by atoms with E-state index in [1.807, 2.05) is 33.9 Å². The summed E-state index contributed by atoms with van der Waals surface area (Å²) in [5.41, 5.74) is 2.38. The maximum absolute atomic E-state index is 10.4. The molecule has 0 aliphatic heterocycles. The van der Waals surface area contributed by atoms with E-state index in [1.54, 1.807) is 11.8 Å². The third-order valence-electron chi connectivity index (χ3n) is 2.59. The highest BCUT2D eigenvalue weighted by atomic mass is 32.2. The molecule has 0 aliphatic carbocycles. The van der Waals surface area contributed by atoms with E-state index < -0.39 is 5.97 Å². The topological polar surface area (TPSA) is 53.1 Å². The van der Waals surface area contributed by atoms with Crippen LogP contribution in [0.1, 0.15) is 46.1 Å². The van der Waals surface area contributed by atoms with Crippen molar-refractivity contribution in [1.82, 2.24) is 4.98 Å². The molecule has 0 saturated carbocycles. The van der Waals surface area contributed by atoms with Gasteiger partial charge in [0.1, 0.15) is 0 Å². The minimum absolute atomic E-state index is 0.244. The first-order valence-electron chi connectivity index (χ1n) is 7.59. The van der Waals surface area contributed by atoms with Gasteiger partial charge in [0.15, 0.2) is 0 Å². The number of carbonyl (C=O) groups is 1. The Kier molecular flexibility index (Phi) is 10.5. The van der Waals surface area contributed by atoms with Crippen LogP contribution >= 0.6 is 11.8 Å². The molecule has 1 heterocycles. The Bertz CT molecular complexity index is 535. The molecule has 1 aromatic heterocycles. The summed E-state index contributed by atoms with van der Waals surface area (Å²) in [5, 5.41) is 9.79. The number of aromatic amines is 1. The standard InChI is InChI=1S/C13H15NO2S.2C2H6/c1-9-4-5-11-10(7-9)12(8-14-11)17-6-2-3-13(15)16;2*1-2/h4-5,7-8,14H,2-3,6H2,1H3,(H,15,16);2*1-2H3. The van der Waals surface area contributed by atoms with Crippen molar-refractivity contribution in [1.29, 1.82) is 0 Å². The molecule has 1 aromatic carbocycles. The van der Waals surface area contributed by atoms with Gasteiger partial charge in [0.05, 0.1) is 0 Å². The number of carboxylic acid groups (broad SMARTS) is 1. The number of hydrogen-bond donors (Lipinski definition) is 2. The quantitative estimate of drug-likeness (QED) is 0.567. The van der Waals surface area contributed by atoms with Gasteiger partial charge in [0.2, 0.25) is 0 Å². The molecular formula is C17H27NO2S. The van der Waals surface area contributed by atoms with Crippen LogP contribution in [0.15, 0.2) is 29.3 Å². The second kappa shape index (κ2) is 11.3. The first-order valence-corrected chi connectivity index (χ1v) is 8.58. The number of fused-ring (bicyclic) bond motifs is 1. The minimum Gasteiger partial charge on any atom is -0.481 e. The van der Waals surface area contributed by atoms with Crippen LogP contribution < -0.4 is 0 Å². The molecule has 3 nitrogen and oxygen atoms in total. The van der Waals surface area contributed by atoms with E-state index in [4.69, 9.17) is 5.11 Å². The summed E-state index contributed by atoms with van der Waals surface area (Å²) >= 11 is 1.71. The Morgan fingerprint density at radius 1 is 1.24 bits per heavy atom. The fourth-order valence-electron chi connectivity index (χ4n) is 1.73. The molecule has 0 spiro atoms. The van der Waals surface area contributed by atoms with E-state index in [1.165, 1.54) is 15.8 Å². The number of aromatic nitrogens is 1. The Balaban J connectivity index is 0.000000921.